The van der Waals surface area contributed by atoms with Gasteiger partial charge in [-0.1, -0.05) is 40.5 Å². The van der Waals surface area contributed by atoms with Crippen molar-refractivity contribution in [1.29, 1.82) is 0 Å². The lowest BCUT2D eigenvalue weighted by Gasteiger charge is -2.09. The van der Waals surface area contributed by atoms with Crippen molar-refractivity contribution in [2.45, 2.75) is 0 Å². The summed E-state index contributed by atoms with van der Waals surface area (Å²) in [6.45, 7) is 0. The van der Waals surface area contributed by atoms with Gasteiger partial charge in [-0.3, -0.25) is 4.79 Å². The number of tetrazole rings is 1. The summed E-state index contributed by atoms with van der Waals surface area (Å²) in [5.41, 5.74) is 3.26. The lowest BCUT2D eigenvalue weighted by molar-refractivity contribution is 0.101. The topological polar surface area (TPSA) is 97.7 Å². The molecule has 2 N–H and O–H groups in total. The van der Waals surface area contributed by atoms with Crippen LogP contribution in [0.2, 0.25) is 0 Å². The van der Waals surface area contributed by atoms with Crippen molar-refractivity contribution in [2.24, 2.45) is 7.05 Å². The number of rotatable bonds is 5. The predicted molar refractivity (Wildman–Crippen MR) is 99.5 cm³/mol. The number of anilines is 1. The van der Waals surface area contributed by atoms with E-state index in [9.17, 15) is 4.79 Å². The Hall–Kier alpha value is -3.94. The van der Waals surface area contributed by atoms with Gasteiger partial charge in [-0.15, -0.1) is 0 Å². The highest BCUT2D eigenvalue weighted by Crippen LogP contribution is 2.23. The molecule has 0 bridgehead atoms. The number of carbonyl (C=O) groups is 1. The van der Waals surface area contributed by atoms with Crippen LogP contribution >= 0.6 is 0 Å². The van der Waals surface area contributed by atoms with Crippen LogP contribution in [-0.2, 0) is 7.05 Å². The SMILES string of the molecule is Cn1c(C(=O)Nc2ccc(Oc3nn[nH]n3)cc2)ccc1-c1ccccc1. The predicted octanol–water partition coefficient (Wildman–Crippen LogP) is 3.25. The van der Waals surface area contributed by atoms with Crippen LogP contribution in [0.3, 0.4) is 0 Å². The Morgan fingerprint density at radius 1 is 1.04 bits per heavy atom. The third-order valence-corrected chi connectivity index (χ3v) is 4.07. The molecule has 0 atom stereocenters. The van der Waals surface area contributed by atoms with Crippen molar-refractivity contribution in [3.63, 3.8) is 0 Å². The quantitative estimate of drug-likeness (QED) is 0.569. The van der Waals surface area contributed by atoms with E-state index >= 15 is 0 Å². The van der Waals surface area contributed by atoms with Crippen LogP contribution in [0.25, 0.3) is 11.3 Å². The minimum Gasteiger partial charge on any atom is -0.422 e. The van der Waals surface area contributed by atoms with Gasteiger partial charge in [0.1, 0.15) is 11.4 Å². The molecule has 4 aromatic rings. The highest BCUT2D eigenvalue weighted by Gasteiger charge is 2.14. The standard InChI is InChI=1S/C19H16N6O2/c1-25-16(13-5-3-2-4-6-13)11-12-17(25)18(26)20-14-7-9-15(10-8-14)27-19-21-23-24-22-19/h2-12H,1H3,(H,20,26)(H,21,22,23,24). The summed E-state index contributed by atoms with van der Waals surface area (Å²) < 4.78 is 7.28. The molecular formula is C19H16N6O2. The first-order valence-electron chi connectivity index (χ1n) is 8.24. The third kappa shape index (κ3) is 3.54. The number of nitrogens with zero attached hydrogens (tertiary/aromatic N) is 4. The van der Waals surface area contributed by atoms with E-state index in [-0.39, 0.29) is 11.9 Å². The van der Waals surface area contributed by atoms with Crippen molar-refractivity contribution >= 4 is 11.6 Å². The Kier molecular flexibility index (Phi) is 4.36. The number of benzene rings is 2. The number of hydrogen-bond acceptors (Lipinski definition) is 5. The summed E-state index contributed by atoms with van der Waals surface area (Å²) >= 11 is 0. The molecule has 0 saturated heterocycles. The molecule has 0 spiro atoms. The van der Waals surface area contributed by atoms with Gasteiger partial charge in [0, 0.05) is 18.4 Å². The number of amides is 1. The molecular weight excluding hydrogens is 344 g/mol. The first-order valence-corrected chi connectivity index (χ1v) is 8.24. The van der Waals surface area contributed by atoms with Gasteiger partial charge in [0.05, 0.1) is 0 Å². The van der Waals surface area contributed by atoms with E-state index in [1.54, 1.807) is 24.3 Å². The van der Waals surface area contributed by atoms with Crippen LogP contribution in [0.1, 0.15) is 10.5 Å². The van der Waals surface area contributed by atoms with E-state index in [1.807, 2.05) is 54.1 Å². The Labute approximate surface area is 154 Å². The number of carbonyl (C=O) groups excluding carboxylic acids is 1. The van der Waals surface area contributed by atoms with Crippen LogP contribution in [-0.4, -0.2) is 31.1 Å². The van der Waals surface area contributed by atoms with Gasteiger partial charge in [0.25, 0.3) is 5.91 Å². The van der Waals surface area contributed by atoms with Gasteiger partial charge in [-0.2, -0.15) is 5.21 Å². The summed E-state index contributed by atoms with van der Waals surface area (Å²) in [5.74, 6) is 0.353. The second kappa shape index (κ2) is 7.12. The van der Waals surface area contributed by atoms with Gasteiger partial charge in [0.2, 0.25) is 0 Å². The van der Waals surface area contributed by atoms with E-state index in [1.165, 1.54) is 0 Å². The smallest absolute Gasteiger partial charge is 0.361 e. The molecule has 0 radical (unpaired) electrons. The fourth-order valence-corrected chi connectivity index (χ4v) is 2.74. The van der Waals surface area contributed by atoms with Crippen molar-refractivity contribution in [1.82, 2.24) is 25.2 Å². The first kappa shape index (κ1) is 16.5. The zero-order chi connectivity index (χ0) is 18.6. The number of H-pyrrole nitrogens is 1. The largest absolute Gasteiger partial charge is 0.422 e. The maximum absolute atomic E-state index is 12.6. The first-order chi connectivity index (χ1) is 13.2. The fourth-order valence-electron chi connectivity index (χ4n) is 2.74. The van der Waals surface area contributed by atoms with Crippen LogP contribution in [0, 0.1) is 0 Å². The average molecular weight is 360 g/mol. The number of ether oxygens (including phenoxy) is 1. The van der Waals surface area contributed by atoms with Crippen LogP contribution < -0.4 is 10.1 Å². The normalized spacial score (nSPS) is 10.6. The molecule has 0 aliphatic carbocycles. The molecule has 0 aliphatic rings. The van der Waals surface area contributed by atoms with E-state index < -0.39 is 0 Å². The lowest BCUT2D eigenvalue weighted by Crippen LogP contribution is -2.15. The average Bonchev–Trinajstić information content (AvgIpc) is 3.33. The summed E-state index contributed by atoms with van der Waals surface area (Å²) in [5, 5.41) is 16.0. The van der Waals surface area contributed by atoms with Crippen LogP contribution in [0.5, 0.6) is 11.8 Å². The Bertz CT molecular complexity index is 1040. The minimum absolute atomic E-state index is 0.129. The molecule has 2 heterocycles. The molecule has 134 valence electrons. The zero-order valence-corrected chi connectivity index (χ0v) is 14.5. The van der Waals surface area contributed by atoms with Crippen molar-refractivity contribution < 1.29 is 9.53 Å². The molecule has 1 amide bonds. The number of hydrogen-bond donors (Lipinski definition) is 2. The Morgan fingerprint density at radius 2 is 1.81 bits per heavy atom. The van der Waals surface area contributed by atoms with Crippen molar-refractivity contribution in [3.05, 3.63) is 72.4 Å². The monoisotopic (exact) mass is 360 g/mol. The van der Waals surface area contributed by atoms with Crippen molar-refractivity contribution in [2.75, 3.05) is 5.32 Å². The molecule has 0 unspecified atom stereocenters. The zero-order valence-electron chi connectivity index (χ0n) is 14.5. The Morgan fingerprint density at radius 3 is 2.52 bits per heavy atom. The second-order valence-corrected chi connectivity index (χ2v) is 5.80. The summed E-state index contributed by atoms with van der Waals surface area (Å²) in [6.07, 6.45) is 0. The summed E-state index contributed by atoms with van der Waals surface area (Å²) in [4.78, 5) is 12.6. The van der Waals surface area contributed by atoms with Crippen molar-refractivity contribution in [3.8, 4) is 23.0 Å². The molecule has 8 nitrogen and oxygen atoms in total. The molecule has 27 heavy (non-hydrogen) atoms. The van der Waals surface area contributed by atoms with E-state index in [4.69, 9.17) is 4.74 Å². The molecule has 0 aliphatic heterocycles. The molecule has 2 aromatic heterocycles. The number of aromatic nitrogens is 5. The van der Waals surface area contributed by atoms with Crippen LogP contribution in [0.15, 0.2) is 66.7 Å². The molecule has 0 fully saturated rings. The van der Waals surface area contributed by atoms with E-state index in [2.05, 4.69) is 25.9 Å². The Balaban J connectivity index is 1.47. The minimum atomic E-state index is -0.188. The fraction of sp³-hybridized carbons (Fsp3) is 0.0526. The van der Waals surface area contributed by atoms with Gasteiger partial charge < -0.3 is 14.6 Å². The molecule has 2 aromatic carbocycles. The maximum atomic E-state index is 12.6. The summed E-state index contributed by atoms with van der Waals surface area (Å²) in [7, 11) is 1.87. The lowest BCUT2D eigenvalue weighted by atomic mass is 10.2. The van der Waals surface area contributed by atoms with Gasteiger partial charge >= 0.3 is 6.01 Å². The van der Waals surface area contributed by atoms with Gasteiger partial charge in [-0.05, 0) is 47.2 Å². The maximum Gasteiger partial charge on any atom is 0.361 e. The van der Waals surface area contributed by atoms with E-state index in [0.717, 1.165) is 11.3 Å². The molecule has 0 saturated carbocycles. The highest BCUT2D eigenvalue weighted by molar-refractivity contribution is 6.03. The summed E-state index contributed by atoms with van der Waals surface area (Å²) in [6, 6.07) is 20.7. The number of aromatic amines is 1. The van der Waals surface area contributed by atoms with Gasteiger partial charge in [-0.25, -0.2) is 0 Å². The number of nitrogens with one attached hydrogen (secondary N) is 2. The second-order valence-electron chi connectivity index (χ2n) is 5.80. The van der Waals surface area contributed by atoms with Gasteiger partial charge in [0.15, 0.2) is 0 Å². The third-order valence-electron chi connectivity index (χ3n) is 4.07. The highest BCUT2D eigenvalue weighted by atomic mass is 16.5. The molecule has 4 rings (SSSR count). The van der Waals surface area contributed by atoms with Crippen LogP contribution in [0.4, 0.5) is 5.69 Å². The molecule has 8 heteroatoms. The van der Waals surface area contributed by atoms with E-state index in [0.29, 0.717) is 17.1 Å².